The van der Waals surface area contributed by atoms with Gasteiger partial charge in [0.15, 0.2) is 0 Å². The van der Waals surface area contributed by atoms with Crippen LogP contribution in [0.1, 0.15) is 70.8 Å². The van der Waals surface area contributed by atoms with E-state index in [2.05, 4.69) is 383 Å². The highest BCUT2D eigenvalue weighted by Crippen LogP contribution is 2.60. The van der Waals surface area contributed by atoms with E-state index in [1.54, 1.807) is 7.11 Å². The van der Waals surface area contributed by atoms with Crippen molar-refractivity contribution in [2.75, 3.05) is 16.9 Å². The van der Waals surface area contributed by atoms with E-state index in [1.807, 2.05) is 30.4 Å². The number of methoxy groups -OCH3 is 1. The molecule has 17 aromatic rings. The van der Waals surface area contributed by atoms with Gasteiger partial charge in [0.25, 0.3) is 0 Å². The molecule has 19 rings (SSSR count). The molecule has 5 heteroatoms. The highest BCUT2D eigenvalue weighted by molar-refractivity contribution is 6.11. The summed E-state index contributed by atoms with van der Waals surface area (Å²) in [7, 11) is 1.72. The Bertz CT molecular complexity index is 6360. The largest absolute Gasteiger partial charge is 0.497 e. The third-order valence-electron chi connectivity index (χ3n) is 23.1. The second kappa shape index (κ2) is 26.8. The number of allylic oxidation sites excluding steroid dienone is 5. The van der Waals surface area contributed by atoms with Gasteiger partial charge < -0.3 is 23.4 Å². The predicted molar refractivity (Wildman–Crippen MR) is 453 cm³/mol. The number of fused-ring (bicyclic) bond motifs is 12. The molecule has 0 bridgehead atoms. The molecule has 0 radical (unpaired) electrons. The van der Waals surface area contributed by atoms with Crippen molar-refractivity contribution in [1.29, 1.82) is 0 Å². The Hall–Kier alpha value is -13.5. The van der Waals surface area contributed by atoms with Crippen molar-refractivity contribution < 1.29 is 13.6 Å². The van der Waals surface area contributed by atoms with Crippen LogP contribution < -0.4 is 14.5 Å². The van der Waals surface area contributed by atoms with E-state index in [-0.39, 0.29) is 5.41 Å². The van der Waals surface area contributed by atoms with Crippen LogP contribution in [0.15, 0.2) is 397 Å². The van der Waals surface area contributed by atoms with Crippen LogP contribution in [0.5, 0.6) is 5.75 Å². The Kier molecular flexibility index (Phi) is 16.3. The van der Waals surface area contributed by atoms with Gasteiger partial charge in [0.1, 0.15) is 28.1 Å². The first-order valence-electron chi connectivity index (χ1n) is 37.6. The van der Waals surface area contributed by atoms with Crippen LogP contribution >= 0.6 is 0 Å². The van der Waals surface area contributed by atoms with E-state index in [0.29, 0.717) is 0 Å². The number of furan rings is 2. The van der Waals surface area contributed by atoms with E-state index in [9.17, 15) is 0 Å². The smallest absolute Gasteiger partial charge is 0.143 e. The molecule has 0 spiro atoms. The first-order chi connectivity index (χ1) is 53.6. The van der Waals surface area contributed by atoms with Crippen molar-refractivity contribution >= 4 is 78.0 Å². The molecule has 522 valence electrons. The molecular formula is C104H78N2O3. The SMILES string of the molecule is C=C/C=C\C=C(/C)C1(c2ccccc2)c2ccccc2-c2ccc(N(c3ccc(OC)cc3)c3ccc(-c4cccc5c4oc4ccc(CC(C)(C)c6ccc(N(c7ccc(-c8cccc9c8oc8ccccc89)cc7)c7ccc8c(c7)C(c7ccccc7)(c7ccccc7)c7ccccc7-8)cc6)cc45)cc3)cc21. The molecule has 0 saturated carbocycles. The summed E-state index contributed by atoms with van der Waals surface area (Å²) in [5, 5.41) is 4.43. The molecule has 2 heterocycles. The fourth-order valence-corrected chi connectivity index (χ4v) is 18.1. The molecule has 0 aliphatic heterocycles. The number of rotatable bonds is 18. The molecule has 0 saturated heterocycles. The lowest BCUT2D eigenvalue weighted by Crippen LogP contribution is -2.28. The van der Waals surface area contributed by atoms with Gasteiger partial charge in [-0.1, -0.05) is 299 Å². The molecule has 1 unspecified atom stereocenters. The zero-order chi connectivity index (χ0) is 73.4. The maximum atomic E-state index is 6.94. The Morgan fingerprint density at radius 1 is 0.376 bits per heavy atom. The molecule has 0 fully saturated rings. The van der Waals surface area contributed by atoms with Gasteiger partial charge in [-0.05, 0) is 205 Å². The molecule has 0 N–H and O–H groups in total. The predicted octanol–water partition coefficient (Wildman–Crippen LogP) is 27.7. The number of nitrogens with zero attached hydrogens (tertiary/aromatic N) is 2. The van der Waals surface area contributed by atoms with Crippen LogP contribution in [-0.4, -0.2) is 7.11 Å². The van der Waals surface area contributed by atoms with Crippen molar-refractivity contribution in [3.63, 3.8) is 0 Å². The summed E-state index contributed by atoms with van der Waals surface area (Å²) in [5.74, 6) is 0.797. The summed E-state index contributed by atoms with van der Waals surface area (Å²) in [5.41, 5.74) is 30.0. The second-order valence-corrected chi connectivity index (χ2v) is 29.6. The van der Waals surface area contributed by atoms with Crippen LogP contribution in [0.4, 0.5) is 34.1 Å². The highest BCUT2D eigenvalue weighted by Gasteiger charge is 2.48. The maximum absolute atomic E-state index is 6.94. The van der Waals surface area contributed by atoms with Crippen LogP contribution in [0.2, 0.25) is 0 Å². The van der Waals surface area contributed by atoms with Crippen LogP contribution in [0, 0.1) is 0 Å². The zero-order valence-corrected chi connectivity index (χ0v) is 61.3. The Labute approximate surface area is 636 Å². The number of para-hydroxylation sites is 3. The third kappa shape index (κ3) is 10.9. The van der Waals surface area contributed by atoms with E-state index >= 15 is 0 Å². The van der Waals surface area contributed by atoms with Gasteiger partial charge in [-0.2, -0.15) is 0 Å². The van der Waals surface area contributed by atoms with Crippen LogP contribution in [0.25, 0.3) is 88.4 Å². The van der Waals surface area contributed by atoms with E-state index in [0.717, 1.165) is 112 Å². The van der Waals surface area contributed by atoms with Gasteiger partial charge in [-0.3, -0.25) is 0 Å². The fraction of sp³-hybridized carbons (Fsp3) is 0.0769. The summed E-state index contributed by atoms with van der Waals surface area (Å²) < 4.78 is 19.2. The molecule has 2 aliphatic rings. The lowest BCUT2D eigenvalue weighted by Gasteiger charge is -2.35. The van der Waals surface area contributed by atoms with Crippen LogP contribution in [0.3, 0.4) is 0 Å². The number of hydrogen-bond donors (Lipinski definition) is 0. The zero-order valence-electron chi connectivity index (χ0n) is 61.3. The maximum Gasteiger partial charge on any atom is 0.143 e. The van der Waals surface area contributed by atoms with Gasteiger partial charge >= 0.3 is 0 Å². The Balaban J connectivity index is 0.653. The van der Waals surface area contributed by atoms with Crippen molar-refractivity contribution in [1.82, 2.24) is 0 Å². The van der Waals surface area contributed by atoms with Crippen molar-refractivity contribution in [3.8, 4) is 50.3 Å². The van der Waals surface area contributed by atoms with Gasteiger partial charge in [0, 0.05) is 66.8 Å². The van der Waals surface area contributed by atoms with E-state index in [1.165, 1.54) is 77.9 Å². The average Bonchev–Trinajstić information content (AvgIpc) is 1.55. The van der Waals surface area contributed by atoms with Gasteiger partial charge in [-0.25, -0.2) is 0 Å². The first-order valence-corrected chi connectivity index (χ1v) is 37.6. The van der Waals surface area contributed by atoms with Gasteiger partial charge in [0.2, 0.25) is 0 Å². The van der Waals surface area contributed by atoms with Crippen molar-refractivity contribution in [2.24, 2.45) is 0 Å². The average molecular weight is 1400 g/mol. The Morgan fingerprint density at radius 3 is 1.39 bits per heavy atom. The highest BCUT2D eigenvalue weighted by atomic mass is 16.5. The molecule has 109 heavy (non-hydrogen) atoms. The fourth-order valence-electron chi connectivity index (χ4n) is 18.1. The lowest BCUT2D eigenvalue weighted by atomic mass is 9.67. The molecule has 0 amide bonds. The molecule has 1 atom stereocenters. The molecule has 2 aromatic heterocycles. The normalized spacial score (nSPS) is 14.3. The van der Waals surface area contributed by atoms with Crippen molar-refractivity contribution in [2.45, 2.75) is 43.4 Å². The lowest BCUT2D eigenvalue weighted by molar-refractivity contribution is 0.415. The number of ether oxygens (including phenoxy) is 1. The summed E-state index contributed by atoms with van der Waals surface area (Å²) in [6.07, 6.45) is 8.99. The van der Waals surface area contributed by atoms with Crippen molar-refractivity contribution in [3.05, 3.63) is 438 Å². The number of benzene rings is 15. The van der Waals surface area contributed by atoms with Crippen LogP contribution in [-0.2, 0) is 22.7 Å². The topological polar surface area (TPSA) is 42.0 Å². The third-order valence-corrected chi connectivity index (χ3v) is 23.1. The molecule has 15 aromatic carbocycles. The molecule has 5 nitrogen and oxygen atoms in total. The number of hydrogen-bond acceptors (Lipinski definition) is 5. The minimum atomic E-state index is -0.566. The van der Waals surface area contributed by atoms with E-state index in [4.69, 9.17) is 13.6 Å². The molecule has 2 aliphatic carbocycles. The summed E-state index contributed by atoms with van der Waals surface area (Å²) in [6, 6.07) is 129. The molecular weight excluding hydrogens is 1330 g/mol. The quantitative estimate of drug-likeness (QED) is 0.0801. The minimum Gasteiger partial charge on any atom is -0.497 e. The minimum absolute atomic E-state index is 0.248. The second-order valence-electron chi connectivity index (χ2n) is 29.6. The van der Waals surface area contributed by atoms with Gasteiger partial charge in [0.05, 0.1) is 17.9 Å². The van der Waals surface area contributed by atoms with E-state index < -0.39 is 10.8 Å². The monoisotopic (exact) mass is 1400 g/mol. The Morgan fingerprint density at radius 2 is 0.817 bits per heavy atom. The summed E-state index contributed by atoms with van der Waals surface area (Å²) in [6.45, 7) is 11.0. The first kappa shape index (κ1) is 66.2. The standard InChI is InChI=1S/C104H78N2O3/c1-6-7-11-26-69(2)103(74-27-12-8-13-28-74)94-40-21-18-33-86(94)88-62-58-81(66-96(88)103)106(80-56-60-83(107-5)61-57-80)78-52-46-72(47-53-78)85-37-25-39-92-93-65-70(43-64-99(93)109-101(85)92)68-102(3,4)73-48-54-79(55-49-73)105(77-50-44-71(45-51-77)84-36-24-38-91-90-35-20-23-42-98(90)108-100(84)91)82-59-63-89-87-34-19-22-41-95(87)104(97(89)67-82,75-29-14-9-15-30-75)76-31-16-10-17-32-76/h6-67H,1,68H2,2-5H3/b11-7-,69-26+. The summed E-state index contributed by atoms with van der Waals surface area (Å²) >= 11 is 0. The summed E-state index contributed by atoms with van der Waals surface area (Å²) in [4.78, 5) is 4.79. The number of anilines is 6. The van der Waals surface area contributed by atoms with Gasteiger partial charge in [-0.15, -0.1) is 0 Å².